The second-order valence-electron chi connectivity index (χ2n) is 3.28. The van der Waals surface area contributed by atoms with Gasteiger partial charge in [0.2, 0.25) is 0 Å². The fourth-order valence-corrected chi connectivity index (χ4v) is 6.36. The van der Waals surface area contributed by atoms with Crippen molar-refractivity contribution in [2.24, 2.45) is 0 Å². The van der Waals surface area contributed by atoms with Crippen LogP contribution < -0.4 is 0 Å². The summed E-state index contributed by atoms with van der Waals surface area (Å²) in [4.78, 5) is 0. The lowest BCUT2D eigenvalue weighted by atomic mass is 11.8. The lowest BCUT2D eigenvalue weighted by Crippen LogP contribution is -2.31. The van der Waals surface area contributed by atoms with Gasteiger partial charge in [0.05, 0.1) is 0 Å². The molecule has 0 saturated carbocycles. The lowest BCUT2D eigenvalue weighted by Gasteiger charge is -2.19. The molecular weight excluding hydrogens is 386 g/mol. The zero-order valence-corrected chi connectivity index (χ0v) is 13.7. The molecule has 0 aromatic heterocycles. The zero-order valence-electron chi connectivity index (χ0n) is 7.24. The molecule has 0 fully saturated rings. The van der Waals surface area contributed by atoms with E-state index in [0.29, 0.717) is 0 Å². The van der Waals surface area contributed by atoms with Crippen molar-refractivity contribution < 1.29 is 4.12 Å². The predicted molar refractivity (Wildman–Crippen MR) is 71.3 cm³/mol. The minimum atomic E-state index is -1.16. The molecule has 0 saturated heterocycles. The SMILES string of the molecule is C[SiH](C)O[Si](C)(C)C.II. The molecule has 1 nitrogen and oxygen atoms in total. The highest BCUT2D eigenvalue weighted by Gasteiger charge is 2.14. The highest BCUT2D eigenvalue weighted by atomic mass is 128. The smallest absolute Gasteiger partial charge is 0.170 e. The molecule has 10 heavy (non-hydrogen) atoms. The van der Waals surface area contributed by atoms with E-state index in [-0.39, 0.29) is 0 Å². The van der Waals surface area contributed by atoms with Gasteiger partial charge in [-0.05, 0) is 32.7 Å². The Morgan fingerprint density at radius 1 is 1.10 bits per heavy atom. The summed E-state index contributed by atoms with van der Waals surface area (Å²) in [6, 6.07) is 0. The van der Waals surface area contributed by atoms with Crippen molar-refractivity contribution in [3.05, 3.63) is 0 Å². The fraction of sp³-hybridized carbons (Fsp3) is 1.00. The maximum Gasteiger partial charge on any atom is 0.170 e. The monoisotopic (exact) mass is 402 g/mol. The van der Waals surface area contributed by atoms with Crippen LogP contribution in [0.3, 0.4) is 0 Å². The standard InChI is InChI=1S/C5H16OSi2.I2/c1-7(2)6-8(3,4)5;1-2/h7H,1-5H3;. The molecule has 0 spiro atoms. The number of rotatable bonds is 2. The summed E-state index contributed by atoms with van der Waals surface area (Å²) in [5.41, 5.74) is 0. The summed E-state index contributed by atoms with van der Waals surface area (Å²) in [6.45, 7) is 11.1. The van der Waals surface area contributed by atoms with Crippen LogP contribution in [0.25, 0.3) is 0 Å². The Labute approximate surface area is 90.5 Å². The van der Waals surface area contributed by atoms with Crippen molar-refractivity contribution in [3.63, 3.8) is 0 Å². The Balaban J connectivity index is 0. The molecule has 0 unspecified atom stereocenters. The van der Waals surface area contributed by atoms with E-state index in [1.165, 1.54) is 0 Å². The van der Waals surface area contributed by atoms with E-state index in [1.807, 2.05) is 0 Å². The minimum absolute atomic E-state index is 0.734. The van der Waals surface area contributed by atoms with Crippen LogP contribution in [0.15, 0.2) is 0 Å². The first kappa shape index (κ1) is 14.4. The molecule has 64 valence electrons. The molecule has 0 atom stereocenters. The van der Waals surface area contributed by atoms with Crippen molar-refractivity contribution in [2.75, 3.05) is 0 Å². The molecule has 0 aliphatic rings. The number of hydrogen-bond donors (Lipinski definition) is 0. The predicted octanol–water partition coefficient (Wildman–Crippen LogP) is 3.59. The van der Waals surface area contributed by atoms with Crippen molar-refractivity contribution >= 4 is 54.6 Å². The summed E-state index contributed by atoms with van der Waals surface area (Å²) in [6.07, 6.45) is 0. The number of hydrogen-bond acceptors (Lipinski definition) is 1. The summed E-state index contributed by atoms with van der Waals surface area (Å²) in [7, 11) is -1.89. The maximum absolute atomic E-state index is 5.72. The average Bonchev–Trinajstić information content (AvgIpc) is 1.64. The van der Waals surface area contributed by atoms with Gasteiger partial charge in [-0.2, -0.15) is 0 Å². The van der Waals surface area contributed by atoms with E-state index in [4.69, 9.17) is 4.12 Å². The third-order valence-electron chi connectivity index (χ3n) is 0.589. The zero-order chi connectivity index (χ0) is 8.78. The second kappa shape index (κ2) is 7.50. The van der Waals surface area contributed by atoms with Crippen LogP contribution in [0, 0.1) is 0 Å². The van der Waals surface area contributed by atoms with Crippen LogP contribution in [-0.2, 0) is 4.12 Å². The van der Waals surface area contributed by atoms with Gasteiger partial charge in [-0.1, -0.05) is 0 Å². The normalized spacial score (nSPS) is 10.8. The molecule has 0 amide bonds. The van der Waals surface area contributed by atoms with Crippen LogP contribution in [0.4, 0.5) is 0 Å². The van der Waals surface area contributed by atoms with Crippen molar-refractivity contribution in [1.29, 1.82) is 0 Å². The first-order chi connectivity index (χ1) is 4.42. The van der Waals surface area contributed by atoms with Crippen LogP contribution in [-0.4, -0.2) is 17.4 Å². The Kier molecular flexibility index (Phi) is 10.8. The molecule has 0 aliphatic carbocycles. The van der Waals surface area contributed by atoms with E-state index in [9.17, 15) is 0 Å². The molecule has 0 heterocycles. The molecule has 0 aromatic rings. The first-order valence-electron chi connectivity index (χ1n) is 3.24. The third kappa shape index (κ3) is 16.4. The van der Waals surface area contributed by atoms with Crippen LogP contribution in [0.2, 0.25) is 32.7 Å². The van der Waals surface area contributed by atoms with Crippen molar-refractivity contribution in [1.82, 2.24) is 0 Å². The van der Waals surface area contributed by atoms with E-state index in [2.05, 4.69) is 70.0 Å². The van der Waals surface area contributed by atoms with Gasteiger partial charge in [-0.25, -0.2) is 0 Å². The van der Waals surface area contributed by atoms with Crippen LogP contribution in [0.5, 0.6) is 0 Å². The van der Waals surface area contributed by atoms with Crippen molar-refractivity contribution in [2.45, 2.75) is 32.7 Å². The van der Waals surface area contributed by atoms with E-state index < -0.39 is 17.4 Å². The molecule has 0 radical (unpaired) electrons. The minimum Gasteiger partial charge on any atom is -0.458 e. The lowest BCUT2D eigenvalue weighted by molar-refractivity contribution is 0.583. The molecule has 0 aliphatic heterocycles. The summed E-state index contributed by atoms with van der Waals surface area (Å²) in [5, 5.41) is 0. The fourth-order valence-electron chi connectivity index (χ4n) is 0.707. The molecule has 0 bridgehead atoms. The van der Waals surface area contributed by atoms with Crippen LogP contribution in [0.1, 0.15) is 0 Å². The highest BCUT2D eigenvalue weighted by molar-refractivity contribution is 15.0. The van der Waals surface area contributed by atoms with Gasteiger partial charge in [-0.15, -0.1) is 0 Å². The number of halogens is 2. The quantitative estimate of drug-likeness (QED) is 0.507. The van der Waals surface area contributed by atoms with Gasteiger partial charge in [-0.3, -0.25) is 0 Å². The van der Waals surface area contributed by atoms with Gasteiger partial charge < -0.3 is 4.12 Å². The second-order valence-corrected chi connectivity index (χ2v) is 10.5. The van der Waals surface area contributed by atoms with Gasteiger partial charge in [0.15, 0.2) is 17.4 Å². The Bertz CT molecular complexity index is 72.5. The maximum atomic E-state index is 5.72. The summed E-state index contributed by atoms with van der Waals surface area (Å²) in [5.74, 6) is 0. The van der Waals surface area contributed by atoms with Crippen LogP contribution >= 0.6 is 37.2 Å². The molecule has 0 aromatic carbocycles. The molecule has 0 N–H and O–H groups in total. The van der Waals surface area contributed by atoms with Gasteiger partial charge >= 0.3 is 0 Å². The van der Waals surface area contributed by atoms with Gasteiger partial charge in [0, 0.05) is 37.2 Å². The van der Waals surface area contributed by atoms with E-state index in [0.717, 1.165) is 0 Å². The summed E-state index contributed by atoms with van der Waals surface area (Å²) >= 11 is 4.24. The highest BCUT2D eigenvalue weighted by Crippen LogP contribution is 2.03. The molecular formula is C5H16I2OSi2. The Hall–Kier alpha value is 1.85. The Morgan fingerprint density at radius 3 is 1.40 bits per heavy atom. The molecule has 5 heteroatoms. The van der Waals surface area contributed by atoms with E-state index in [1.54, 1.807) is 0 Å². The van der Waals surface area contributed by atoms with Gasteiger partial charge in [0.1, 0.15) is 0 Å². The van der Waals surface area contributed by atoms with E-state index >= 15 is 0 Å². The third-order valence-corrected chi connectivity index (χ3v) is 5.30. The summed E-state index contributed by atoms with van der Waals surface area (Å²) < 4.78 is 5.72. The average molecular weight is 402 g/mol. The van der Waals surface area contributed by atoms with Crippen molar-refractivity contribution in [3.8, 4) is 0 Å². The molecule has 0 rings (SSSR count). The van der Waals surface area contributed by atoms with Gasteiger partial charge in [0.25, 0.3) is 0 Å². The topological polar surface area (TPSA) is 9.23 Å². The first-order valence-corrected chi connectivity index (χ1v) is 15.7. The largest absolute Gasteiger partial charge is 0.458 e. The Morgan fingerprint density at radius 2 is 1.40 bits per heavy atom.